The van der Waals surface area contributed by atoms with Gasteiger partial charge in [0.2, 0.25) is 0 Å². The lowest BCUT2D eigenvalue weighted by molar-refractivity contribution is 0.0958. The second kappa shape index (κ2) is 9.60. The summed E-state index contributed by atoms with van der Waals surface area (Å²) in [5.74, 6) is 0.816. The third kappa shape index (κ3) is 4.96. The quantitative estimate of drug-likeness (QED) is 0.597. The van der Waals surface area contributed by atoms with Crippen molar-refractivity contribution in [2.45, 2.75) is 20.1 Å². The van der Waals surface area contributed by atoms with E-state index in [2.05, 4.69) is 15.7 Å². The highest BCUT2D eigenvalue weighted by Gasteiger charge is 2.18. The van der Waals surface area contributed by atoms with Crippen LogP contribution in [0, 0.1) is 0 Å². The number of carbonyl (C=O) groups is 2. The van der Waals surface area contributed by atoms with Gasteiger partial charge < -0.3 is 20.1 Å². The third-order valence-electron chi connectivity index (χ3n) is 4.46. The Kier molecular flexibility index (Phi) is 6.69. The highest BCUT2D eigenvalue weighted by atomic mass is 16.5. The van der Waals surface area contributed by atoms with E-state index in [1.165, 1.54) is 7.05 Å². The van der Waals surface area contributed by atoms with Crippen LogP contribution in [0.5, 0.6) is 11.5 Å². The Balaban J connectivity index is 1.63. The summed E-state index contributed by atoms with van der Waals surface area (Å²) in [6, 6.07) is 14.4. The van der Waals surface area contributed by atoms with E-state index in [0.29, 0.717) is 24.4 Å². The smallest absolute Gasteiger partial charge is 0.273 e. The molecule has 0 spiro atoms. The minimum Gasteiger partial charge on any atom is -0.497 e. The van der Waals surface area contributed by atoms with E-state index < -0.39 is 0 Å². The Labute approximate surface area is 174 Å². The number of aromatic nitrogens is 2. The molecular weight excluding hydrogens is 384 g/mol. The standard InChI is InChI=1S/C22H24N4O4/c1-4-26-13-19(20(25-26)22(28)23-2)24-21(27)16-7-5-15(6-8-16)14-30-18-11-9-17(29-3)10-12-18/h5-13H,4,14H2,1-3H3,(H,23,28)(H,24,27). The number of rotatable bonds is 8. The van der Waals surface area contributed by atoms with E-state index >= 15 is 0 Å². The average Bonchev–Trinajstić information content (AvgIpc) is 3.20. The summed E-state index contributed by atoms with van der Waals surface area (Å²) < 4.78 is 12.5. The molecule has 0 aliphatic rings. The lowest BCUT2D eigenvalue weighted by Gasteiger charge is -2.08. The van der Waals surface area contributed by atoms with Crippen LogP contribution in [0.4, 0.5) is 5.69 Å². The van der Waals surface area contributed by atoms with Gasteiger partial charge in [-0.25, -0.2) is 0 Å². The minimum absolute atomic E-state index is 0.178. The number of hydrogen-bond donors (Lipinski definition) is 2. The molecule has 8 heteroatoms. The number of nitrogens with one attached hydrogen (secondary N) is 2. The maximum atomic E-state index is 12.6. The molecule has 0 radical (unpaired) electrons. The number of benzene rings is 2. The van der Waals surface area contributed by atoms with Crippen molar-refractivity contribution < 1.29 is 19.1 Å². The van der Waals surface area contributed by atoms with Crippen LogP contribution in [0.25, 0.3) is 0 Å². The molecule has 2 amide bonds. The molecule has 8 nitrogen and oxygen atoms in total. The summed E-state index contributed by atoms with van der Waals surface area (Å²) in [4.78, 5) is 24.6. The van der Waals surface area contributed by atoms with Crippen LogP contribution in [0.2, 0.25) is 0 Å². The van der Waals surface area contributed by atoms with Crippen LogP contribution in [0.3, 0.4) is 0 Å². The zero-order chi connectivity index (χ0) is 21.5. The molecule has 156 valence electrons. The van der Waals surface area contributed by atoms with Gasteiger partial charge in [0.05, 0.1) is 12.8 Å². The zero-order valence-corrected chi connectivity index (χ0v) is 17.1. The van der Waals surface area contributed by atoms with Crippen molar-refractivity contribution in [2.24, 2.45) is 0 Å². The summed E-state index contributed by atoms with van der Waals surface area (Å²) >= 11 is 0. The zero-order valence-electron chi connectivity index (χ0n) is 17.1. The molecule has 2 aromatic carbocycles. The van der Waals surface area contributed by atoms with E-state index in [-0.39, 0.29) is 17.5 Å². The highest BCUT2D eigenvalue weighted by Crippen LogP contribution is 2.19. The van der Waals surface area contributed by atoms with Gasteiger partial charge in [0.25, 0.3) is 11.8 Å². The molecule has 0 aliphatic carbocycles. The Morgan fingerprint density at radius 3 is 2.27 bits per heavy atom. The fourth-order valence-corrected chi connectivity index (χ4v) is 2.75. The van der Waals surface area contributed by atoms with Crippen molar-refractivity contribution in [3.05, 3.63) is 71.5 Å². The van der Waals surface area contributed by atoms with Crippen LogP contribution in [-0.4, -0.2) is 35.8 Å². The fourth-order valence-electron chi connectivity index (χ4n) is 2.75. The number of methoxy groups -OCH3 is 1. The number of hydrogen-bond acceptors (Lipinski definition) is 5. The van der Waals surface area contributed by atoms with Crippen LogP contribution in [0.15, 0.2) is 54.7 Å². The van der Waals surface area contributed by atoms with Gasteiger partial charge >= 0.3 is 0 Å². The average molecular weight is 408 g/mol. The number of nitrogens with zero attached hydrogens (tertiary/aromatic N) is 2. The van der Waals surface area contributed by atoms with Crippen molar-refractivity contribution in [3.63, 3.8) is 0 Å². The molecule has 0 unspecified atom stereocenters. The number of carbonyl (C=O) groups excluding carboxylic acids is 2. The first-order valence-electron chi connectivity index (χ1n) is 9.50. The van der Waals surface area contributed by atoms with Gasteiger partial charge in [-0.3, -0.25) is 14.3 Å². The van der Waals surface area contributed by atoms with E-state index in [1.54, 1.807) is 30.1 Å². The van der Waals surface area contributed by atoms with Gasteiger partial charge in [0.1, 0.15) is 18.1 Å². The number of ether oxygens (including phenoxy) is 2. The van der Waals surface area contributed by atoms with Crippen molar-refractivity contribution in [1.29, 1.82) is 0 Å². The first kappa shape index (κ1) is 20.9. The van der Waals surface area contributed by atoms with Crippen molar-refractivity contribution in [2.75, 3.05) is 19.5 Å². The molecular formula is C22H24N4O4. The Morgan fingerprint density at radius 2 is 1.67 bits per heavy atom. The molecule has 0 atom stereocenters. The topological polar surface area (TPSA) is 94.5 Å². The SMILES string of the molecule is CCn1cc(NC(=O)c2ccc(COc3ccc(OC)cc3)cc2)c(C(=O)NC)n1. The van der Waals surface area contributed by atoms with E-state index in [0.717, 1.165) is 17.1 Å². The fraction of sp³-hybridized carbons (Fsp3) is 0.227. The molecule has 0 saturated carbocycles. The summed E-state index contributed by atoms with van der Waals surface area (Å²) in [5, 5.41) is 9.47. The third-order valence-corrected chi connectivity index (χ3v) is 4.46. The first-order valence-corrected chi connectivity index (χ1v) is 9.50. The lowest BCUT2D eigenvalue weighted by atomic mass is 10.1. The predicted molar refractivity (Wildman–Crippen MR) is 113 cm³/mol. The molecule has 3 aromatic rings. The highest BCUT2D eigenvalue weighted by molar-refractivity contribution is 6.08. The monoisotopic (exact) mass is 408 g/mol. The van der Waals surface area contributed by atoms with E-state index in [9.17, 15) is 9.59 Å². The van der Waals surface area contributed by atoms with Gasteiger partial charge in [-0.1, -0.05) is 12.1 Å². The van der Waals surface area contributed by atoms with E-state index in [4.69, 9.17) is 9.47 Å². The van der Waals surface area contributed by atoms with Crippen LogP contribution >= 0.6 is 0 Å². The summed E-state index contributed by atoms with van der Waals surface area (Å²) in [6.45, 7) is 2.86. The van der Waals surface area contributed by atoms with Gasteiger partial charge in [-0.15, -0.1) is 0 Å². The number of amides is 2. The normalized spacial score (nSPS) is 10.4. The summed E-state index contributed by atoms with van der Waals surface area (Å²) in [6.07, 6.45) is 1.64. The van der Waals surface area contributed by atoms with Gasteiger partial charge in [-0.05, 0) is 48.9 Å². The van der Waals surface area contributed by atoms with Crippen LogP contribution in [-0.2, 0) is 13.2 Å². The molecule has 1 aromatic heterocycles. The van der Waals surface area contributed by atoms with Crippen molar-refractivity contribution in [3.8, 4) is 11.5 Å². The summed E-state index contributed by atoms with van der Waals surface area (Å²) in [5.41, 5.74) is 1.94. The minimum atomic E-state index is -0.358. The maximum Gasteiger partial charge on any atom is 0.273 e. The van der Waals surface area contributed by atoms with Crippen LogP contribution in [0.1, 0.15) is 33.3 Å². The number of anilines is 1. The molecule has 0 saturated heterocycles. The van der Waals surface area contributed by atoms with Crippen LogP contribution < -0.4 is 20.1 Å². The Bertz CT molecular complexity index is 1010. The van der Waals surface area contributed by atoms with E-state index in [1.807, 2.05) is 43.3 Å². The predicted octanol–water partition coefficient (Wildman–Crippen LogP) is 3.10. The molecule has 3 rings (SSSR count). The maximum absolute atomic E-state index is 12.6. The molecule has 1 heterocycles. The molecule has 0 fully saturated rings. The van der Waals surface area contributed by atoms with Crippen molar-refractivity contribution in [1.82, 2.24) is 15.1 Å². The molecule has 0 aliphatic heterocycles. The molecule has 2 N–H and O–H groups in total. The van der Waals surface area contributed by atoms with Gasteiger partial charge in [0.15, 0.2) is 5.69 Å². The Morgan fingerprint density at radius 1 is 1.00 bits per heavy atom. The number of aryl methyl sites for hydroxylation is 1. The molecule has 30 heavy (non-hydrogen) atoms. The summed E-state index contributed by atoms with van der Waals surface area (Å²) in [7, 11) is 3.13. The first-order chi connectivity index (χ1) is 14.5. The lowest BCUT2D eigenvalue weighted by Crippen LogP contribution is -2.21. The van der Waals surface area contributed by atoms with Gasteiger partial charge in [-0.2, -0.15) is 5.10 Å². The second-order valence-corrected chi connectivity index (χ2v) is 6.44. The molecule has 0 bridgehead atoms. The largest absolute Gasteiger partial charge is 0.497 e. The second-order valence-electron chi connectivity index (χ2n) is 6.44. The van der Waals surface area contributed by atoms with Gasteiger partial charge in [0, 0.05) is 25.4 Å². The Hall–Kier alpha value is -3.81. The van der Waals surface area contributed by atoms with Crippen molar-refractivity contribution >= 4 is 17.5 Å².